The molecular formula is C23H18N2S. The first-order chi connectivity index (χ1) is 12.9. The highest BCUT2D eigenvalue weighted by Crippen LogP contribution is 2.35. The highest BCUT2D eigenvalue weighted by molar-refractivity contribution is 7.13. The van der Waals surface area contributed by atoms with Gasteiger partial charge in [0.15, 0.2) is 0 Å². The maximum absolute atomic E-state index is 4.88. The summed E-state index contributed by atoms with van der Waals surface area (Å²) in [4.78, 5) is 6.08. The third kappa shape index (κ3) is 2.71. The van der Waals surface area contributed by atoms with Crippen LogP contribution in [0.25, 0.3) is 27.3 Å². The minimum atomic E-state index is 0.391. The second-order valence-electron chi connectivity index (χ2n) is 6.53. The van der Waals surface area contributed by atoms with Gasteiger partial charge in [0.25, 0.3) is 0 Å². The van der Waals surface area contributed by atoms with Crippen LogP contribution in [0.15, 0.2) is 90.6 Å². The van der Waals surface area contributed by atoms with E-state index in [1.807, 2.05) is 0 Å². The van der Waals surface area contributed by atoms with E-state index in [1.165, 1.54) is 21.6 Å². The molecule has 1 unspecified atom stereocenters. The first-order valence-electron chi connectivity index (χ1n) is 8.84. The van der Waals surface area contributed by atoms with E-state index in [2.05, 4.69) is 95.0 Å². The van der Waals surface area contributed by atoms with Gasteiger partial charge in [-0.05, 0) is 35.1 Å². The lowest BCUT2D eigenvalue weighted by Gasteiger charge is -2.18. The highest BCUT2D eigenvalue weighted by Gasteiger charge is 2.17. The van der Waals surface area contributed by atoms with Gasteiger partial charge in [-0.3, -0.25) is 0 Å². The van der Waals surface area contributed by atoms with E-state index < -0.39 is 0 Å². The summed E-state index contributed by atoms with van der Waals surface area (Å²) in [5.41, 5.74) is 5.91. The molecule has 0 bridgehead atoms. The Bertz CT molecular complexity index is 1100. The fraction of sp³-hybridized carbons (Fsp3) is 0.0870. The Kier molecular flexibility index (Phi) is 3.80. The molecule has 0 spiro atoms. The highest BCUT2D eigenvalue weighted by atomic mass is 32.1. The van der Waals surface area contributed by atoms with E-state index in [4.69, 9.17) is 4.98 Å². The van der Waals surface area contributed by atoms with Crippen molar-refractivity contribution < 1.29 is 0 Å². The van der Waals surface area contributed by atoms with Gasteiger partial charge >= 0.3 is 0 Å². The Morgan fingerprint density at radius 3 is 2.69 bits per heavy atom. The van der Waals surface area contributed by atoms with Crippen LogP contribution in [-0.4, -0.2) is 9.38 Å². The van der Waals surface area contributed by atoms with Gasteiger partial charge in [-0.25, -0.2) is 4.98 Å². The number of fused-ring (bicyclic) bond motifs is 1. The van der Waals surface area contributed by atoms with E-state index in [-0.39, 0.29) is 0 Å². The molecule has 0 radical (unpaired) electrons. The topological polar surface area (TPSA) is 17.3 Å². The summed E-state index contributed by atoms with van der Waals surface area (Å²) in [6, 6.07) is 17.1. The van der Waals surface area contributed by atoms with Gasteiger partial charge in [0.1, 0.15) is 5.65 Å². The molecule has 1 atom stereocenters. The molecule has 26 heavy (non-hydrogen) atoms. The summed E-state index contributed by atoms with van der Waals surface area (Å²) < 4.78 is 2.16. The molecule has 0 fully saturated rings. The van der Waals surface area contributed by atoms with Crippen LogP contribution >= 0.6 is 11.3 Å². The SMILES string of the molecule is C1=CCC(c2cc3nc(-c4cccs4)cn3cc2-c2ccccc2)C=C1. The molecule has 1 aliphatic rings. The molecule has 3 aromatic heterocycles. The minimum absolute atomic E-state index is 0.391. The van der Waals surface area contributed by atoms with E-state index in [0.717, 1.165) is 17.8 Å². The van der Waals surface area contributed by atoms with Gasteiger partial charge < -0.3 is 4.40 Å². The number of imidazole rings is 1. The predicted molar refractivity (Wildman–Crippen MR) is 110 cm³/mol. The molecule has 0 amide bonds. The Hall–Kier alpha value is -2.91. The third-order valence-electron chi connectivity index (χ3n) is 4.86. The molecule has 2 nitrogen and oxygen atoms in total. The van der Waals surface area contributed by atoms with Crippen molar-refractivity contribution >= 4 is 17.0 Å². The fourth-order valence-corrected chi connectivity index (χ4v) is 4.25. The zero-order chi connectivity index (χ0) is 17.3. The maximum Gasteiger partial charge on any atom is 0.137 e. The first-order valence-corrected chi connectivity index (χ1v) is 9.72. The molecular weight excluding hydrogens is 336 g/mol. The number of hydrogen-bond acceptors (Lipinski definition) is 2. The average molecular weight is 354 g/mol. The molecule has 0 saturated carbocycles. The predicted octanol–water partition coefficient (Wildman–Crippen LogP) is 6.33. The van der Waals surface area contributed by atoms with Crippen LogP contribution in [0.2, 0.25) is 0 Å². The standard InChI is InChI=1S/C23H18N2S/c1-3-8-17(9-4-1)19-14-23-24-21(22-12-7-13-26-22)16-25(23)15-20(19)18-10-5-2-6-11-18/h1-8,10-17H,9H2. The minimum Gasteiger partial charge on any atom is -0.306 e. The number of hydrogen-bond donors (Lipinski definition) is 0. The fourth-order valence-electron chi connectivity index (χ4n) is 3.57. The number of nitrogens with zero attached hydrogens (tertiary/aromatic N) is 2. The Morgan fingerprint density at radius 1 is 1.00 bits per heavy atom. The van der Waals surface area contributed by atoms with Crippen molar-refractivity contribution in [3.8, 4) is 21.7 Å². The van der Waals surface area contributed by atoms with Gasteiger partial charge in [0.2, 0.25) is 0 Å². The molecule has 4 aromatic rings. The van der Waals surface area contributed by atoms with Crippen LogP contribution < -0.4 is 0 Å². The van der Waals surface area contributed by atoms with Crippen molar-refractivity contribution in [1.82, 2.24) is 9.38 Å². The van der Waals surface area contributed by atoms with Crippen LogP contribution in [0, 0.1) is 0 Å². The molecule has 1 aromatic carbocycles. The molecule has 1 aliphatic carbocycles. The monoisotopic (exact) mass is 354 g/mol. The van der Waals surface area contributed by atoms with Gasteiger partial charge in [-0.15, -0.1) is 11.3 Å². The van der Waals surface area contributed by atoms with Gasteiger partial charge in [0, 0.05) is 23.9 Å². The third-order valence-corrected chi connectivity index (χ3v) is 5.76. The van der Waals surface area contributed by atoms with E-state index in [0.29, 0.717) is 5.92 Å². The second kappa shape index (κ2) is 6.43. The van der Waals surface area contributed by atoms with E-state index in [1.54, 1.807) is 11.3 Å². The second-order valence-corrected chi connectivity index (χ2v) is 7.48. The number of allylic oxidation sites excluding steroid dienone is 4. The van der Waals surface area contributed by atoms with E-state index >= 15 is 0 Å². The molecule has 126 valence electrons. The average Bonchev–Trinajstić information content (AvgIpc) is 3.37. The molecule has 0 N–H and O–H groups in total. The summed E-state index contributed by atoms with van der Waals surface area (Å²) in [5.74, 6) is 0.391. The van der Waals surface area contributed by atoms with Crippen LogP contribution in [0.4, 0.5) is 0 Å². The van der Waals surface area contributed by atoms with Crippen LogP contribution in [0.1, 0.15) is 17.9 Å². The first kappa shape index (κ1) is 15.4. The zero-order valence-electron chi connectivity index (χ0n) is 14.2. The summed E-state index contributed by atoms with van der Waals surface area (Å²) in [7, 11) is 0. The molecule has 5 rings (SSSR count). The Morgan fingerprint density at radius 2 is 1.92 bits per heavy atom. The molecule has 0 saturated heterocycles. The van der Waals surface area contributed by atoms with Crippen molar-refractivity contribution in [2.24, 2.45) is 0 Å². The van der Waals surface area contributed by atoms with Gasteiger partial charge in [-0.2, -0.15) is 0 Å². The Balaban J connectivity index is 1.71. The van der Waals surface area contributed by atoms with Crippen LogP contribution in [0.3, 0.4) is 0 Å². The lowest BCUT2D eigenvalue weighted by atomic mass is 9.88. The quantitative estimate of drug-likeness (QED) is 0.420. The lowest BCUT2D eigenvalue weighted by molar-refractivity contribution is 0.853. The van der Waals surface area contributed by atoms with Crippen LogP contribution in [0.5, 0.6) is 0 Å². The van der Waals surface area contributed by atoms with Crippen molar-refractivity contribution in [2.75, 3.05) is 0 Å². The van der Waals surface area contributed by atoms with E-state index in [9.17, 15) is 0 Å². The molecule has 3 heteroatoms. The number of thiophene rings is 1. The largest absolute Gasteiger partial charge is 0.306 e. The number of aromatic nitrogens is 2. The van der Waals surface area contributed by atoms with Gasteiger partial charge in [0.05, 0.1) is 10.6 Å². The number of benzene rings is 1. The lowest BCUT2D eigenvalue weighted by Crippen LogP contribution is -2.01. The maximum atomic E-state index is 4.88. The Labute approximate surface area is 156 Å². The zero-order valence-corrected chi connectivity index (χ0v) is 15.1. The number of rotatable bonds is 3. The summed E-state index contributed by atoms with van der Waals surface area (Å²) in [6.45, 7) is 0. The normalized spacial score (nSPS) is 16.4. The summed E-state index contributed by atoms with van der Waals surface area (Å²) in [5, 5.41) is 2.10. The van der Waals surface area contributed by atoms with Gasteiger partial charge in [-0.1, -0.05) is 60.7 Å². The smallest absolute Gasteiger partial charge is 0.137 e. The van der Waals surface area contributed by atoms with Crippen LogP contribution in [-0.2, 0) is 0 Å². The summed E-state index contributed by atoms with van der Waals surface area (Å²) in [6.07, 6.45) is 14.2. The van der Waals surface area contributed by atoms with Crippen molar-refractivity contribution in [2.45, 2.75) is 12.3 Å². The summed E-state index contributed by atoms with van der Waals surface area (Å²) >= 11 is 1.73. The molecule has 3 heterocycles. The van der Waals surface area contributed by atoms with Crippen molar-refractivity contribution in [1.29, 1.82) is 0 Å². The molecule has 0 aliphatic heterocycles. The van der Waals surface area contributed by atoms with Crippen molar-refractivity contribution in [3.63, 3.8) is 0 Å². The number of pyridine rings is 1. The van der Waals surface area contributed by atoms with Crippen molar-refractivity contribution in [3.05, 3.63) is 96.2 Å².